The maximum absolute atomic E-state index is 12.1. The van der Waals surface area contributed by atoms with Gasteiger partial charge in [0.15, 0.2) is 0 Å². The molecular weight excluding hydrogens is 324 g/mol. The van der Waals surface area contributed by atoms with Crippen molar-refractivity contribution in [3.63, 3.8) is 0 Å². The van der Waals surface area contributed by atoms with E-state index in [1.807, 2.05) is 11.8 Å². The lowest BCUT2D eigenvalue weighted by molar-refractivity contribution is -0.125. The molecule has 1 N–H and O–H groups in total. The summed E-state index contributed by atoms with van der Waals surface area (Å²) in [6, 6.07) is 0. The maximum Gasteiger partial charge on any atom is 0.223 e. The maximum atomic E-state index is 12.1. The summed E-state index contributed by atoms with van der Waals surface area (Å²) in [6.07, 6.45) is 4.66. The molecule has 2 saturated heterocycles. The van der Waals surface area contributed by atoms with Gasteiger partial charge in [0.25, 0.3) is 0 Å². The van der Waals surface area contributed by atoms with E-state index in [2.05, 4.69) is 5.32 Å². The Kier molecular flexibility index (Phi) is 6.98. The van der Waals surface area contributed by atoms with Crippen molar-refractivity contribution in [2.45, 2.75) is 30.9 Å². The molecule has 2 rings (SSSR count). The summed E-state index contributed by atoms with van der Waals surface area (Å²) in [6.45, 7) is 3.29. The average Bonchev–Trinajstić information content (AvgIpc) is 2.52. The second-order valence-corrected chi connectivity index (χ2v) is 9.30. The van der Waals surface area contributed by atoms with Gasteiger partial charge in [-0.25, -0.2) is 12.7 Å². The second kappa shape index (κ2) is 8.52. The zero-order valence-electron chi connectivity index (χ0n) is 13.1. The Morgan fingerprint density at radius 2 is 1.86 bits per heavy atom. The second-order valence-electron chi connectivity index (χ2n) is 5.91. The van der Waals surface area contributed by atoms with Crippen LogP contribution in [0.1, 0.15) is 25.7 Å². The van der Waals surface area contributed by atoms with Crippen LogP contribution in [0.5, 0.6) is 0 Å². The molecule has 2 aliphatic heterocycles. The number of amides is 1. The quantitative estimate of drug-likeness (QED) is 0.713. The largest absolute Gasteiger partial charge is 0.381 e. The molecule has 0 spiro atoms. The number of hydrogen-bond donors (Lipinski definition) is 1. The van der Waals surface area contributed by atoms with Crippen LogP contribution >= 0.6 is 11.8 Å². The van der Waals surface area contributed by atoms with Crippen LogP contribution < -0.4 is 5.32 Å². The van der Waals surface area contributed by atoms with Gasteiger partial charge in [-0.15, -0.1) is 0 Å². The molecule has 0 atom stereocenters. The third kappa shape index (κ3) is 5.72. The van der Waals surface area contributed by atoms with Gasteiger partial charge in [0.2, 0.25) is 15.9 Å². The van der Waals surface area contributed by atoms with E-state index in [0.29, 0.717) is 37.7 Å². The third-order valence-electron chi connectivity index (χ3n) is 4.22. The van der Waals surface area contributed by atoms with E-state index in [4.69, 9.17) is 4.74 Å². The molecule has 0 aromatic rings. The molecule has 2 fully saturated rings. The van der Waals surface area contributed by atoms with E-state index < -0.39 is 10.0 Å². The highest BCUT2D eigenvalue weighted by molar-refractivity contribution is 7.99. The van der Waals surface area contributed by atoms with Crippen LogP contribution in [0.3, 0.4) is 0 Å². The van der Waals surface area contributed by atoms with Crippen molar-refractivity contribution in [3.05, 3.63) is 0 Å². The molecule has 0 bridgehead atoms. The number of ether oxygens (including phenoxy) is 1. The summed E-state index contributed by atoms with van der Waals surface area (Å²) >= 11 is 1.91. The molecule has 0 aromatic heterocycles. The summed E-state index contributed by atoms with van der Waals surface area (Å²) in [5.41, 5.74) is 0. The van der Waals surface area contributed by atoms with E-state index in [1.165, 1.54) is 10.6 Å². The molecule has 0 unspecified atom stereocenters. The first kappa shape index (κ1) is 18.0. The molecule has 22 heavy (non-hydrogen) atoms. The highest BCUT2D eigenvalue weighted by Crippen LogP contribution is 2.22. The first-order chi connectivity index (χ1) is 10.5. The van der Waals surface area contributed by atoms with Crippen LogP contribution in [0, 0.1) is 5.92 Å². The van der Waals surface area contributed by atoms with Crippen molar-refractivity contribution < 1.29 is 17.9 Å². The number of hydrogen-bond acceptors (Lipinski definition) is 5. The summed E-state index contributed by atoms with van der Waals surface area (Å²) in [4.78, 5) is 12.1. The van der Waals surface area contributed by atoms with E-state index in [0.717, 1.165) is 31.8 Å². The Balaban J connectivity index is 1.60. The van der Waals surface area contributed by atoms with E-state index in [1.54, 1.807) is 0 Å². The minimum atomic E-state index is -3.12. The molecule has 0 aliphatic carbocycles. The van der Waals surface area contributed by atoms with Crippen LogP contribution in [0.25, 0.3) is 0 Å². The smallest absolute Gasteiger partial charge is 0.223 e. The van der Waals surface area contributed by atoms with Gasteiger partial charge >= 0.3 is 0 Å². The topological polar surface area (TPSA) is 75.7 Å². The van der Waals surface area contributed by atoms with Gasteiger partial charge in [-0.05, 0) is 25.7 Å². The third-order valence-corrected chi connectivity index (χ3v) is 6.90. The van der Waals surface area contributed by atoms with Crippen LogP contribution in [0.15, 0.2) is 0 Å². The van der Waals surface area contributed by atoms with Crippen LogP contribution in [0.2, 0.25) is 0 Å². The summed E-state index contributed by atoms with van der Waals surface area (Å²) in [5, 5.41) is 3.64. The van der Waals surface area contributed by atoms with Crippen molar-refractivity contribution in [2.75, 3.05) is 44.9 Å². The molecule has 0 aromatic carbocycles. The molecule has 0 saturated carbocycles. The molecular formula is C14H26N2O4S2. The van der Waals surface area contributed by atoms with Crippen LogP contribution in [0.4, 0.5) is 0 Å². The highest BCUT2D eigenvalue weighted by Gasteiger charge is 2.28. The Morgan fingerprint density at radius 1 is 1.23 bits per heavy atom. The number of nitrogens with zero attached hydrogens (tertiary/aromatic N) is 1. The van der Waals surface area contributed by atoms with Crippen molar-refractivity contribution in [2.24, 2.45) is 5.92 Å². The Bertz CT molecular complexity index is 455. The molecule has 2 aliphatic rings. The standard InChI is InChI=1S/C14H26N2O4S2/c1-22(18,19)16-7-2-12(3-8-16)14(17)15-6-11-21-13-4-9-20-10-5-13/h12-13H,2-11H2,1H3,(H,15,17). The number of rotatable bonds is 6. The lowest BCUT2D eigenvalue weighted by Gasteiger charge is -2.29. The fourth-order valence-corrected chi connectivity index (χ4v) is 4.79. The summed E-state index contributed by atoms with van der Waals surface area (Å²) in [5.74, 6) is 0.949. The molecule has 0 radical (unpaired) electrons. The minimum absolute atomic E-state index is 0.0499. The number of nitrogens with one attached hydrogen (secondary N) is 1. The molecule has 1 amide bonds. The van der Waals surface area contributed by atoms with Gasteiger partial charge in [0.05, 0.1) is 6.26 Å². The van der Waals surface area contributed by atoms with Gasteiger partial charge in [-0.1, -0.05) is 0 Å². The van der Waals surface area contributed by atoms with Crippen molar-refractivity contribution in [3.8, 4) is 0 Å². The predicted octanol–water partition coefficient (Wildman–Crippen LogP) is 0.686. The van der Waals surface area contributed by atoms with Gasteiger partial charge in [-0.3, -0.25) is 4.79 Å². The number of sulfonamides is 1. The van der Waals surface area contributed by atoms with E-state index >= 15 is 0 Å². The Morgan fingerprint density at radius 3 is 2.45 bits per heavy atom. The Labute approximate surface area is 137 Å². The zero-order valence-corrected chi connectivity index (χ0v) is 14.8. The number of piperidine rings is 1. The summed E-state index contributed by atoms with van der Waals surface area (Å²) < 4.78 is 29.7. The van der Waals surface area contributed by atoms with Gasteiger partial charge < -0.3 is 10.1 Å². The number of thioether (sulfide) groups is 1. The number of carbonyl (C=O) groups excluding carboxylic acids is 1. The van der Waals surface area contributed by atoms with Gasteiger partial charge in [-0.2, -0.15) is 11.8 Å². The van der Waals surface area contributed by atoms with Crippen molar-refractivity contribution in [1.82, 2.24) is 9.62 Å². The lowest BCUT2D eigenvalue weighted by atomic mass is 9.97. The van der Waals surface area contributed by atoms with Crippen LogP contribution in [-0.4, -0.2) is 68.7 Å². The predicted molar refractivity (Wildman–Crippen MR) is 88.4 cm³/mol. The Hall–Kier alpha value is -0.310. The molecule has 128 valence electrons. The van der Waals surface area contributed by atoms with Crippen LogP contribution in [-0.2, 0) is 19.6 Å². The normalized spacial score (nSPS) is 22.6. The molecule has 8 heteroatoms. The average molecular weight is 351 g/mol. The molecule has 2 heterocycles. The lowest BCUT2D eigenvalue weighted by Crippen LogP contribution is -2.43. The summed E-state index contributed by atoms with van der Waals surface area (Å²) in [7, 11) is -3.12. The van der Waals surface area contributed by atoms with Crippen molar-refractivity contribution >= 4 is 27.7 Å². The fraction of sp³-hybridized carbons (Fsp3) is 0.929. The van der Waals surface area contributed by atoms with Gasteiger partial charge in [0.1, 0.15) is 0 Å². The zero-order chi connectivity index (χ0) is 16.0. The SMILES string of the molecule is CS(=O)(=O)N1CCC(C(=O)NCCSC2CCOCC2)CC1. The van der Waals surface area contributed by atoms with Crippen molar-refractivity contribution in [1.29, 1.82) is 0 Å². The monoisotopic (exact) mass is 350 g/mol. The molecule has 6 nitrogen and oxygen atoms in total. The van der Waals surface area contributed by atoms with Gasteiger partial charge in [0, 0.05) is 49.8 Å². The highest BCUT2D eigenvalue weighted by atomic mass is 32.2. The first-order valence-corrected chi connectivity index (χ1v) is 10.8. The fourth-order valence-electron chi connectivity index (χ4n) is 2.84. The number of carbonyl (C=O) groups is 1. The minimum Gasteiger partial charge on any atom is -0.381 e. The first-order valence-electron chi connectivity index (χ1n) is 7.89. The van der Waals surface area contributed by atoms with E-state index in [-0.39, 0.29) is 11.8 Å². The van der Waals surface area contributed by atoms with E-state index in [9.17, 15) is 13.2 Å².